The molecular weight excluding hydrogens is 298 g/mol. The third-order valence-electron chi connectivity index (χ3n) is 5.44. The van der Waals surface area contributed by atoms with Crippen molar-refractivity contribution in [1.82, 2.24) is 5.32 Å². The fourth-order valence-electron chi connectivity index (χ4n) is 3.85. The summed E-state index contributed by atoms with van der Waals surface area (Å²) in [5.74, 6) is 4.20. The second-order valence-corrected chi connectivity index (χ2v) is 7.36. The molecule has 0 amide bonds. The van der Waals surface area contributed by atoms with Gasteiger partial charge in [0.05, 0.1) is 12.6 Å². The SMILES string of the molecule is CC1CC1c1ccc(CNCC2CCCOC2c2ccccc2)o1. The molecule has 0 bridgehead atoms. The van der Waals surface area contributed by atoms with E-state index >= 15 is 0 Å². The zero-order chi connectivity index (χ0) is 16.4. The summed E-state index contributed by atoms with van der Waals surface area (Å²) in [5.41, 5.74) is 1.30. The van der Waals surface area contributed by atoms with Crippen LogP contribution in [0.2, 0.25) is 0 Å². The van der Waals surface area contributed by atoms with Crippen molar-refractivity contribution in [2.45, 2.75) is 44.8 Å². The highest BCUT2D eigenvalue weighted by atomic mass is 16.5. The Hall–Kier alpha value is -1.58. The summed E-state index contributed by atoms with van der Waals surface area (Å²) in [6, 6.07) is 14.9. The molecule has 4 unspecified atom stereocenters. The van der Waals surface area contributed by atoms with Gasteiger partial charge in [-0.3, -0.25) is 0 Å². The van der Waals surface area contributed by atoms with Crippen LogP contribution in [0.15, 0.2) is 46.9 Å². The van der Waals surface area contributed by atoms with Gasteiger partial charge in [-0.1, -0.05) is 37.3 Å². The summed E-state index contributed by atoms with van der Waals surface area (Å²) in [7, 11) is 0. The number of ether oxygens (including phenoxy) is 1. The van der Waals surface area contributed by atoms with Gasteiger partial charge in [0, 0.05) is 25.0 Å². The maximum Gasteiger partial charge on any atom is 0.117 e. The molecule has 4 rings (SSSR count). The number of benzene rings is 1. The Morgan fingerprint density at radius 1 is 1.12 bits per heavy atom. The maximum atomic E-state index is 6.07. The van der Waals surface area contributed by atoms with Crippen LogP contribution < -0.4 is 5.32 Å². The lowest BCUT2D eigenvalue weighted by Gasteiger charge is -2.32. The van der Waals surface area contributed by atoms with Gasteiger partial charge in [-0.05, 0) is 42.9 Å². The van der Waals surface area contributed by atoms with E-state index in [4.69, 9.17) is 9.15 Å². The largest absolute Gasteiger partial charge is 0.464 e. The van der Waals surface area contributed by atoms with Crippen molar-refractivity contribution in [1.29, 1.82) is 0 Å². The van der Waals surface area contributed by atoms with Gasteiger partial charge in [-0.15, -0.1) is 0 Å². The summed E-state index contributed by atoms with van der Waals surface area (Å²) in [6.07, 6.45) is 3.86. The molecule has 0 radical (unpaired) electrons. The molecule has 24 heavy (non-hydrogen) atoms. The van der Waals surface area contributed by atoms with E-state index in [-0.39, 0.29) is 6.10 Å². The van der Waals surface area contributed by atoms with Crippen molar-refractivity contribution in [2.24, 2.45) is 11.8 Å². The van der Waals surface area contributed by atoms with Crippen LogP contribution in [0.5, 0.6) is 0 Å². The average Bonchev–Trinajstić information content (AvgIpc) is 3.17. The summed E-state index contributed by atoms with van der Waals surface area (Å²) < 4.78 is 12.1. The quantitative estimate of drug-likeness (QED) is 0.839. The zero-order valence-electron chi connectivity index (χ0n) is 14.4. The van der Waals surface area contributed by atoms with Gasteiger partial charge in [0.2, 0.25) is 0 Å². The van der Waals surface area contributed by atoms with E-state index in [0.717, 1.165) is 37.8 Å². The van der Waals surface area contributed by atoms with Gasteiger partial charge in [0.25, 0.3) is 0 Å². The molecule has 2 fully saturated rings. The lowest BCUT2D eigenvalue weighted by atomic mass is 9.89. The first-order valence-electron chi connectivity index (χ1n) is 9.27. The third-order valence-corrected chi connectivity index (χ3v) is 5.44. The van der Waals surface area contributed by atoms with Crippen LogP contribution in [0.25, 0.3) is 0 Å². The molecule has 128 valence electrons. The van der Waals surface area contributed by atoms with Crippen molar-refractivity contribution < 1.29 is 9.15 Å². The third kappa shape index (κ3) is 3.57. The minimum absolute atomic E-state index is 0.215. The Morgan fingerprint density at radius 3 is 2.75 bits per heavy atom. The fourth-order valence-corrected chi connectivity index (χ4v) is 3.85. The van der Waals surface area contributed by atoms with Gasteiger partial charge in [0.1, 0.15) is 11.5 Å². The first-order chi connectivity index (χ1) is 11.8. The average molecular weight is 325 g/mol. The van der Waals surface area contributed by atoms with Crippen LogP contribution in [0.3, 0.4) is 0 Å². The molecule has 3 nitrogen and oxygen atoms in total. The molecule has 1 aromatic heterocycles. The molecule has 0 spiro atoms. The summed E-state index contributed by atoms with van der Waals surface area (Å²) in [4.78, 5) is 0. The molecule has 1 saturated heterocycles. The predicted octanol–water partition coefficient (Wildman–Crippen LogP) is 4.66. The van der Waals surface area contributed by atoms with E-state index in [1.165, 1.54) is 24.2 Å². The second-order valence-electron chi connectivity index (χ2n) is 7.36. The van der Waals surface area contributed by atoms with Crippen molar-refractivity contribution in [3.05, 3.63) is 59.5 Å². The Bertz CT molecular complexity index is 651. The van der Waals surface area contributed by atoms with Crippen LogP contribution in [0.4, 0.5) is 0 Å². The van der Waals surface area contributed by atoms with Crippen LogP contribution in [0, 0.1) is 11.8 Å². The van der Waals surface area contributed by atoms with Gasteiger partial charge in [-0.25, -0.2) is 0 Å². The highest BCUT2D eigenvalue weighted by molar-refractivity contribution is 5.19. The molecule has 1 N–H and O–H groups in total. The number of rotatable bonds is 6. The Labute approximate surface area is 144 Å². The maximum absolute atomic E-state index is 6.07. The minimum Gasteiger partial charge on any atom is -0.464 e. The van der Waals surface area contributed by atoms with Gasteiger partial charge < -0.3 is 14.5 Å². The van der Waals surface area contributed by atoms with Gasteiger partial charge >= 0.3 is 0 Å². The molecule has 1 aromatic carbocycles. The van der Waals surface area contributed by atoms with Crippen molar-refractivity contribution >= 4 is 0 Å². The van der Waals surface area contributed by atoms with Gasteiger partial charge in [0.15, 0.2) is 0 Å². The van der Waals surface area contributed by atoms with E-state index in [1.807, 2.05) is 0 Å². The number of furan rings is 1. The molecule has 3 heteroatoms. The smallest absolute Gasteiger partial charge is 0.117 e. The van der Waals surface area contributed by atoms with E-state index in [1.54, 1.807) is 0 Å². The van der Waals surface area contributed by atoms with E-state index in [9.17, 15) is 0 Å². The number of hydrogen-bond acceptors (Lipinski definition) is 3. The highest BCUT2D eigenvalue weighted by Gasteiger charge is 2.36. The minimum atomic E-state index is 0.215. The van der Waals surface area contributed by atoms with Crippen LogP contribution in [0.1, 0.15) is 55.3 Å². The standard InChI is InChI=1S/C21H27NO2/c1-15-12-19(15)20-10-9-18(24-20)14-22-13-17-8-5-11-23-21(17)16-6-3-2-4-7-16/h2-4,6-7,9-10,15,17,19,21-22H,5,8,11-14H2,1H3. The van der Waals surface area contributed by atoms with E-state index in [2.05, 4.69) is 54.7 Å². The zero-order valence-corrected chi connectivity index (χ0v) is 14.4. The number of hydrogen-bond donors (Lipinski definition) is 1. The summed E-state index contributed by atoms with van der Waals surface area (Å²) in [6.45, 7) is 4.93. The molecule has 2 heterocycles. The van der Waals surface area contributed by atoms with Crippen molar-refractivity contribution in [3.63, 3.8) is 0 Å². The van der Waals surface area contributed by atoms with E-state index < -0.39 is 0 Å². The molecule has 1 aliphatic carbocycles. The van der Waals surface area contributed by atoms with Crippen molar-refractivity contribution in [3.8, 4) is 0 Å². The van der Waals surface area contributed by atoms with Gasteiger partial charge in [-0.2, -0.15) is 0 Å². The van der Waals surface area contributed by atoms with Crippen LogP contribution >= 0.6 is 0 Å². The van der Waals surface area contributed by atoms with Crippen LogP contribution in [-0.2, 0) is 11.3 Å². The molecule has 2 aromatic rings. The first kappa shape index (κ1) is 15.9. The molecule has 1 saturated carbocycles. The molecule has 1 aliphatic heterocycles. The summed E-state index contributed by atoms with van der Waals surface area (Å²) >= 11 is 0. The Kier molecular flexibility index (Phi) is 4.72. The molecular formula is C21H27NO2. The lowest BCUT2D eigenvalue weighted by molar-refractivity contribution is -0.0279. The van der Waals surface area contributed by atoms with E-state index in [0.29, 0.717) is 11.8 Å². The topological polar surface area (TPSA) is 34.4 Å². The Balaban J connectivity index is 1.31. The van der Waals surface area contributed by atoms with Crippen LogP contribution in [-0.4, -0.2) is 13.2 Å². The lowest BCUT2D eigenvalue weighted by Crippen LogP contribution is -2.31. The monoisotopic (exact) mass is 325 g/mol. The predicted molar refractivity (Wildman–Crippen MR) is 94.8 cm³/mol. The molecule has 2 aliphatic rings. The second kappa shape index (κ2) is 7.12. The highest BCUT2D eigenvalue weighted by Crippen LogP contribution is 2.47. The Morgan fingerprint density at radius 2 is 1.96 bits per heavy atom. The summed E-state index contributed by atoms with van der Waals surface area (Å²) in [5, 5.41) is 3.58. The fraction of sp³-hybridized carbons (Fsp3) is 0.524. The molecule has 4 atom stereocenters. The first-order valence-corrected chi connectivity index (χ1v) is 9.27. The number of nitrogens with one attached hydrogen (secondary N) is 1. The normalized spacial score (nSPS) is 29.5. The van der Waals surface area contributed by atoms with Crippen molar-refractivity contribution in [2.75, 3.05) is 13.2 Å².